The molecule has 0 unspecified atom stereocenters. The summed E-state index contributed by atoms with van der Waals surface area (Å²) < 4.78 is 19.7. The van der Waals surface area contributed by atoms with Crippen LogP contribution < -0.4 is 11.2 Å². The Balaban J connectivity index is 1.70. The second-order valence-electron chi connectivity index (χ2n) is 6.37. The van der Waals surface area contributed by atoms with Crippen LogP contribution in [0.5, 0.6) is 0 Å². The molecule has 3 N–H and O–H groups in total. The average molecular weight is 441 g/mol. The number of nitrogens with one attached hydrogen (secondary N) is 1. The number of benzene rings is 2. The first-order valence-electron chi connectivity index (χ1n) is 8.84. The molecule has 0 aliphatic carbocycles. The number of hydrazone groups is 1. The average Bonchev–Trinajstić information content (AvgIpc) is 3.36. The third kappa shape index (κ3) is 3.98. The van der Waals surface area contributed by atoms with E-state index in [4.69, 9.17) is 17.3 Å². The fraction of sp³-hybridized carbons (Fsp3) is 0.0526. The monoisotopic (exact) mass is 440 g/mol. The van der Waals surface area contributed by atoms with Gasteiger partial charge in [-0.05, 0) is 29.4 Å². The van der Waals surface area contributed by atoms with E-state index in [1.807, 2.05) is 19.1 Å². The number of aromatic nitrogens is 5. The van der Waals surface area contributed by atoms with E-state index >= 15 is 0 Å². The van der Waals surface area contributed by atoms with E-state index in [9.17, 15) is 9.18 Å². The highest BCUT2D eigenvalue weighted by Crippen LogP contribution is 2.26. The topological polar surface area (TPSA) is 137 Å². The lowest BCUT2D eigenvalue weighted by Crippen LogP contribution is -2.19. The zero-order valence-electron chi connectivity index (χ0n) is 16.0. The smallest absolute Gasteiger partial charge is 0.294 e. The minimum Gasteiger partial charge on any atom is -0.378 e. The van der Waals surface area contributed by atoms with Gasteiger partial charge in [0, 0.05) is 11.1 Å². The summed E-state index contributed by atoms with van der Waals surface area (Å²) in [5, 5.41) is 19.1. The maximum absolute atomic E-state index is 13.9. The van der Waals surface area contributed by atoms with Gasteiger partial charge >= 0.3 is 0 Å². The van der Waals surface area contributed by atoms with E-state index in [0.717, 1.165) is 11.8 Å². The molecule has 0 fully saturated rings. The minimum atomic E-state index is -0.694. The van der Waals surface area contributed by atoms with E-state index in [0.29, 0.717) is 11.3 Å². The molecule has 0 aliphatic rings. The normalized spacial score (nSPS) is 11.2. The van der Waals surface area contributed by atoms with Crippen molar-refractivity contribution in [1.29, 1.82) is 0 Å². The molecule has 4 rings (SSSR count). The molecule has 1 amide bonds. The van der Waals surface area contributed by atoms with Crippen LogP contribution in [0.2, 0.25) is 5.02 Å². The Kier molecular flexibility index (Phi) is 5.41. The molecule has 4 aromatic rings. The SMILES string of the molecule is Cc1ccc(-c2c(C(=O)NN=Cc3c(F)cccc3Cl)nnn2-c2nonc2N)cc1. The lowest BCUT2D eigenvalue weighted by atomic mass is 10.1. The number of anilines is 1. The molecule has 2 aromatic heterocycles. The summed E-state index contributed by atoms with van der Waals surface area (Å²) in [7, 11) is 0. The number of carbonyl (C=O) groups excluding carboxylic acids is 1. The van der Waals surface area contributed by atoms with Crippen LogP contribution in [0.15, 0.2) is 52.2 Å². The van der Waals surface area contributed by atoms with Gasteiger partial charge in [0.1, 0.15) is 11.5 Å². The highest BCUT2D eigenvalue weighted by molar-refractivity contribution is 6.33. The van der Waals surface area contributed by atoms with E-state index in [1.165, 1.54) is 22.9 Å². The van der Waals surface area contributed by atoms with Crippen molar-refractivity contribution in [1.82, 2.24) is 30.7 Å². The zero-order valence-corrected chi connectivity index (χ0v) is 16.7. The number of carbonyl (C=O) groups is 1. The number of aryl methyl sites for hydroxylation is 1. The molecule has 0 bridgehead atoms. The van der Waals surface area contributed by atoms with Crippen LogP contribution >= 0.6 is 11.6 Å². The zero-order chi connectivity index (χ0) is 22.0. The molecule has 156 valence electrons. The maximum atomic E-state index is 13.9. The lowest BCUT2D eigenvalue weighted by molar-refractivity contribution is 0.0950. The van der Waals surface area contributed by atoms with Crippen LogP contribution in [0.3, 0.4) is 0 Å². The van der Waals surface area contributed by atoms with Gasteiger partial charge in [-0.1, -0.05) is 52.7 Å². The summed E-state index contributed by atoms with van der Waals surface area (Å²) in [6, 6.07) is 11.5. The molecular weight excluding hydrogens is 427 g/mol. The molecule has 0 spiro atoms. The van der Waals surface area contributed by atoms with E-state index in [-0.39, 0.29) is 27.9 Å². The van der Waals surface area contributed by atoms with Gasteiger partial charge in [-0.2, -0.15) is 9.78 Å². The predicted molar refractivity (Wildman–Crippen MR) is 110 cm³/mol. The highest BCUT2D eigenvalue weighted by Gasteiger charge is 2.25. The fourth-order valence-corrected chi connectivity index (χ4v) is 2.95. The van der Waals surface area contributed by atoms with Crippen molar-refractivity contribution in [3.63, 3.8) is 0 Å². The molecular formula is C19H14ClFN8O2. The van der Waals surface area contributed by atoms with Crippen molar-refractivity contribution in [3.8, 4) is 17.1 Å². The second kappa shape index (κ2) is 8.32. The van der Waals surface area contributed by atoms with Gasteiger partial charge in [0.25, 0.3) is 5.91 Å². The number of amides is 1. The number of nitrogens with zero attached hydrogens (tertiary/aromatic N) is 6. The predicted octanol–water partition coefficient (Wildman–Crippen LogP) is 2.76. The number of rotatable bonds is 5. The number of halogens is 2. The quantitative estimate of drug-likeness (QED) is 0.359. The Hall–Kier alpha value is -4.12. The van der Waals surface area contributed by atoms with Crippen molar-refractivity contribution in [3.05, 3.63) is 70.1 Å². The van der Waals surface area contributed by atoms with Crippen LogP contribution in [0, 0.1) is 12.7 Å². The first kappa shape index (κ1) is 20.2. The Morgan fingerprint density at radius 3 is 2.71 bits per heavy atom. The van der Waals surface area contributed by atoms with Gasteiger partial charge in [0.2, 0.25) is 11.6 Å². The van der Waals surface area contributed by atoms with Crippen molar-refractivity contribution >= 4 is 29.5 Å². The van der Waals surface area contributed by atoms with Crippen molar-refractivity contribution in [2.75, 3.05) is 5.73 Å². The largest absolute Gasteiger partial charge is 0.378 e. The van der Waals surface area contributed by atoms with Crippen LogP contribution in [0.1, 0.15) is 21.6 Å². The number of hydrogen-bond acceptors (Lipinski definition) is 8. The van der Waals surface area contributed by atoms with Crippen molar-refractivity contribution in [2.45, 2.75) is 6.92 Å². The van der Waals surface area contributed by atoms with Gasteiger partial charge in [0.15, 0.2) is 5.69 Å². The maximum Gasteiger partial charge on any atom is 0.294 e. The van der Waals surface area contributed by atoms with Crippen LogP contribution in [-0.4, -0.2) is 37.4 Å². The van der Waals surface area contributed by atoms with Gasteiger partial charge < -0.3 is 5.73 Å². The summed E-state index contributed by atoms with van der Waals surface area (Å²) in [5.74, 6) is -1.23. The van der Waals surface area contributed by atoms with E-state index in [1.54, 1.807) is 12.1 Å². The van der Waals surface area contributed by atoms with Crippen LogP contribution in [-0.2, 0) is 0 Å². The molecule has 31 heavy (non-hydrogen) atoms. The highest BCUT2D eigenvalue weighted by atomic mass is 35.5. The molecule has 0 saturated carbocycles. The third-order valence-electron chi connectivity index (χ3n) is 4.27. The van der Waals surface area contributed by atoms with Crippen LogP contribution in [0.25, 0.3) is 17.1 Å². The summed E-state index contributed by atoms with van der Waals surface area (Å²) in [4.78, 5) is 12.8. The number of hydrogen-bond donors (Lipinski definition) is 2. The van der Waals surface area contributed by atoms with E-state index < -0.39 is 11.7 Å². The Morgan fingerprint density at radius 1 is 1.26 bits per heavy atom. The van der Waals surface area contributed by atoms with Gasteiger partial charge in [-0.25, -0.2) is 14.4 Å². The molecule has 10 nitrogen and oxygen atoms in total. The van der Waals surface area contributed by atoms with Crippen molar-refractivity contribution < 1.29 is 13.8 Å². The second-order valence-corrected chi connectivity index (χ2v) is 6.78. The minimum absolute atomic E-state index is 0.0302. The molecule has 2 heterocycles. The first-order valence-corrected chi connectivity index (χ1v) is 9.22. The lowest BCUT2D eigenvalue weighted by Gasteiger charge is -2.06. The Morgan fingerprint density at radius 2 is 2.03 bits per heavy atom. The standard InChI is InChI=1S/C19H14ClFN8O2/c1-10-5-7-11(8-6-10)16-15(24-28-29(16)18-17(22)26-31-27-18)19(30)25-23-9-12-13(20)3-2-4-14(12)21/h2-9H,1H3,(H2,22,26)(H,25,30). The molecule has 12 heteroatoms. The van der Waals surface area contributed by atoms with Gasteiger partial charge in [-0.3, -0.25) is 4.79 Å². The third-order valence-corrected chi connectivity index (χ3v) is 4.60. The van der Waals surface area contributed by atoms with E-state index in [2.05, 4.69) is 35.8 Å². The number of nitrogens with two attached hydrogens (primary N) is 1. The summed E-state index contributed by atoms with van der Waals surface area (Å²) in [5.41, 5.74) is 9.96. The van der Waals surface area contributed by atoms with Gasteiger partial charge in [0.05, 0.1) is 11.2 Å². The summed E-state index contributed by atoms with van der Waals surface area (Å²) in [6.07, 6.45) is 1.10. The molecule has 0 radical (unpaired) electrons. The summed E-state index contributed by atoms with van der Waals surface area (Å²) in [6.45, 7) is 1.93. The number of nitrogen functional groups attached to an aromatic ring is 1. The Labute approximate surface area is 179 Å². The summed E-state index contributed by atoms with van der Waals surface area (Å²) >= 11 is 5.95. The van der Waals surface area contributed by atoms with Crippen LogP contribution in [0.4, 0.5) is 10.2 Å². The van der Waals surface area contributed by atoms with Crippen molar-refractivity contribution in [2.24, 2.45) is 5.10 Å². The fourth-order valence-electron chi connectivity index (χ4n) is 2.73. The molecule has 0 atom stereocenters. The Bertz CT molecular complexity index is 1260. The van der Waals surface area contributed by atoms with Gasteiger partial charge in [-0.15, -0.1) is 5.10 Å². The molecule has 2 aromatic carbocycles. The molecule has 0 saturated heterocycles. The molecule has 0 aliphatic heterocycles. The first-order chi connectivity index (χ1) is 15.0.